The smallest absolute Gasteiger partial charge is 0.0693 e. The van der Waals surface area contributed by atoms with Gasteiger partial charge in [0, 0.05) is 13.2 Å². The van der Waals surface area contributed by atoms with E-state index < -0.39 is 0 Å². The highest BCUT2D eigenvalue weighted by Gasteiger charge is 2.10. The summed E-state index contributed by atoms with van der Waals surface area (Å²) in [6.45, 7) is 6.97. The standard InChI is InChI=1S/C10H23NO2/c1-5-10(12)6-7-11-8(2)9(3)13-4/h8-12H,5-7H2,1-4H3. The monoisotopic (exact) mass is 189 g/mol. The van der Waals surface area contributed by atoms with E-state index in [-0.39, 0.29) is 12.2 Å². The van der Waals surface area contributed by atoms with Crippen molar-refractivity contribution in [2.45, 2.75) is 51.9 Å². The molecule has 0 rings (SSSR count). The van der Waals surface area contributed by atoms with Crippen molar-refractivity contribution in [3.8, 4) is 0 Å². The number of aliphatic hydroxyl groups excluding tert-OH is 1. The molecule has 3 atom stereocenters. The lowest BCUT2D eigenvalue weighted by Crippen LogP contribution is -2.38. The van der Waals surface area contributed by atoms with Crippen LogP contribution in [0.25, 0.3) is 0 Å². The Kier molecular flexibility index (Phi) is 7.23. The summed E-state index contributed by atoms with van der Waals surface area (Å²) in [7, 11) is 1.71. The van der Waals surface area contributed by atoms with Gasteiger partial charge in [-0.1, -0.05) is 6.92 Å². The predicted octanol–water partition coefficient (Wildman–Crippen LogP) is 1.16. The molecule has 0 spiro atoms. The van der Waals surface area contributed by atoms with E-state index in [0.29, 0.717) is 6.04 Å². The highest BCUT2D eigenvalue weighted by Crippen LogP contribution is 1.98. The van der Waals surface area contributed by atoms with Crippen molar-refractivity contribution in [2.24, 2.45) is 0 Å². The lowest BCUT2D eigenvalue weighted by molar-refractivity contribution is 0.0858. The lowest BCUT2D eigenvalue weighted by atomic mass is 10.1. The van der Waals surface area contributed by atoms with Crippen molar-refractivity contribution in [2.75, 3.05) is 13.7 Å². The second-order valence-corrected chi connectivity index (χ2v) is 3.53. The number of nitrogens with one attached hydrogen (secondary N) is 1. The van der Waals surface area contributed by atoms with Crippen molar-refractivity contribution in [1.29, 1.82) is 0 Å². The van der Waals surface area contributed by atoms with Crippen LogP contribution in [0.3, 0.4) is 0 Å². The molecule has 0 radical (unpaired) electrons. The van der Waals surface area contributed by atoms with E-state index in [1.54, 1.807) is 7.11 Å². The molecule has 0 amide bonds. The van der Waals surface area contributed by atoms with Gasteiger partial charge in [0.25, 0.3) is 0 Å². The fourth-order valence-corrected chi connectivity index (χ4v) is 1.05. The second-order valence-electron chi connectivity index (χ2n) is 3.53. The molecule has 0 aromatic rings. The SMILES string of the molecule is CCC(O)CCNC(C)C(C)OC. The first-order chi connectivity index (χ1) is 6.11. The Labute approximate surface area is 81.5 Å². The predicted molar refractivity (Wildman–Crippen MR) is 54.9 cm³/mol. The number of aliphatic hydroxyl groups is 1. The van der Waals surface area contributed by atoms with Gasteiger partial charge in [0.1, 0.15) is 0 Å². The summed E-state index contributed by atoms with van der Waals surface area (Å²) in [5.74, 6) is 0. The second kappa shape index (κ2) is 7.30. The Hall–Kier alpha value is -0.120. The Morgan fingerprint density at radius 2 is 2.00 bits per heavy atom. The van der Waals surface area contributed by atoms with Crippen LogP contribution in [0.4, 0.5) is 0 Å². The maximum absolute atomic E-state index is 9.30. The third-order valence-electron chi connectivity index (χ3n) is 2.49. The summed E-state index contributed by atoms with van der Waals surface area (Å²) < 4.78 is 5.17. The van der Waals surface area contributed by atoms with E-state index in [4.69, 9.17) is 4.74 Å². The van der Waals surface area contributed by atoms with Gasteiger partial charge in [-0.15, -0.1) is 0 Å². The van der Waals surface area contributed by atoms with Crippen molar-refractivity contribution in [3.05, 3.63) is 0 Å². The largest absolute Gasteiger partial charge is 0.393 e. The number of rotatable bonds is 7. The first-order valence-electron chi connectivity index (χ1n) is 5.06. The molecule has 0 aliphatic heterocycles. The molecule has 13 heavy (non-hydrogen) atoms. The summed E-state index contributed by atoms with van der Waals surface area (Å²) in [5, 5.41) is 12.6. The summed E-state index contributed by atoms with van der Waals surface area (Å²) in [6, 6.07) is 0.342. The molecule has 0 aromatic carbocycles. The average Bonchev–Trinajstić information content (AvgIpc) is 2.15. The first-order valence-corrected chi connectivity index (χ1v) is 5.06. The highest BCUT2D eigenvalue weighted by atomic mass is 16.5. The van der Waals surface area contributed by atoms with E-state index in [1.807, 2.05) is 13.8 Å². The normalized spacial score (nSPS) is 18.2. The molecule has 80 valence electrons. The van der Waals surface area contributed by atoms with Gasteiger partial charge in [0.15, 0.2) is 0 Å². The molecule has 3 nitrogen and oxygen atoms in total. The maximum Gasteiger partial charge on any atom is 0.0693 e. The van der Waals surface area contributed by atoms with Crippen molar-refractivity contribution in [1.82, 2.24) is 5.32 Å². The molecule has 0 saturated heterocycles. The molecule has 0 aromatic heterocycles. The minimum atomic E-state index is -0.169. The summed E-state index contributed by atoms with van der Waals surface area (Å²) in [5.41, 5.74) is 0. The fraction of sp³-hybridized carbons (Fsp3) is 1.00. The maximum atomic E-state index is 9.30. The van der Waals surface area contributed by atoms with Crippen molar-refractivity contribution < 1.29 is 9.84 Å². The molecule has 0 aliphatic carbocycles. The Morgan fingerprint density at radius 3 is 2.46 bits per heavy atom. The topological polar surface area (TPSA) is 41.5 Å². The Balaban J connectivity index is 3.41. The molecule has 0 fully saturated rings. The number of methoxy groups -OCH3 is 1. The number of ether oxygens (including phenoxy) is 1. The van der Waals surface area contributed by atoms with Gasteiger partial charge in [-0.25, -0.2) is 0 Å². The molecule has 0 heterocycles. The van der Waals surface area contributed by atoms with Crippen LogP contribution in [0.5, 0.6) is 0 Å². The molecule has 0 bridgehead atoms. The third-order valence-corrected chi connectivity index (χ3v) is 2.49. The first kappa shape index (κ1) is 12.9. The van der Waals surface area contributed by atoms with Gasteiger partial charge in [-0.05, 0) is 33.2 Å². The van der Waals surface area contributed by atoms with Crippen LogP contribution in [-0.2, 0) is 4.74 Å². The summed E-state index contributed by atoms with van der Waals surface area (Å²) in [6.07, 6.45) is 1.70. The summed E-state index contributed by atoms with van der Waals surface area (Å²) in [4.78, 5) is 0. The molecule has 0 aliphatic rings. The fourth-order valence-electron chi connectivity index (χ4n) is 1.05. The Bertz CT molecular complexity index is 119. The van der Waals surface area contributed by atoms with Gasteiger partial charge < -0.3 is 15.2 Å². The third kappa shape index (κ3) is 6.02. The van der Waals surface area contributed by atoms with Gasteiger partial charge in [-0.2, -0.15) is 0 Å². The van der Waals surface area contributed by atoms with Crippen molar-refractivity contribution >= 4 is 0 Å². The molecule has 3 unspecified atom stereocenters. The molecule has 0 saturated carbocycles. The number of hydrogen-bond donors (Lipinski definition) is 2. The van der Waals surface area contributed by atoms with Crippen LogP contribution < -0.4 is 5.32 Å². The van der Waals surface area contributed by atoms with Gasteiger partial charge >= 0.3 is 0 Å². The van der Waals surface area contributed by atoms with Crippen LogP contribution in [0.1, 0.15) is 33.6 Å². The lowest BCUT2D eigenvalue weighted by Gasteiger charge is -2.20. The van der Waals surface area contributed by atoms with Crippen LogP contribution in [-0.4, -0.2) is 37.0 Å². The van der Waals surface area contributed by atoms with Gasteiger partial charge in [0.05, 0.1) is 12.2 Å². The van der Waals surface area contributed by atoms with Crippen LogP contribution in [0.2, 0.25) is 0 Å². The highest BCUT2D eigenvalue weighted by molar-refractivity contribution is 4.68. The zero-order chi connectivity index (χ0) is 10.3. The van der Waals surface area contributed by atoms with E-state index in [2.05, 4.69) is 12.2 Å². The quantitative estimate of drug-likeness (QED) is 0.631. The minimum Gasteiger partial charge on any atom is -0.393 e. The zero-order valence-corrected chi connectivity index (χ0v) is 9.21. The summed E-state index contributed by atoms with van der Waals surface area (Å²) >= 11 is 0. The van der Waals surface area contributed by atoms with E-state index in [9.17, 15) is 5.11 Å². The van der Waals surface area contributed by atoms with Crippen LogP contribution in [0, 0.1) is 0 Å². The average molecular weight is 189 g/mol. The van der Waals surface area contributed by atoms with Crippen LogP contribution >= 0.6 is 0 Å². The minimum absolute atomic E-state index is 0.169. The molecule has 3 heteroatoms. The van der Waals surface area contributed by atoms with Gasteiger partial charge in [-0.3, -0.25) is 0 Å². The van der Waals surface area contributed by atoms with E-state index in [0.717, 1.165) is 19.4 Å². The molecular weight excluding hydrogens is 166 g/mol. The van der Waals surface area contributed by atoms with E-state index in [1.165, 1.54) is 0 Å². The molecule has 2 N–H and O–H groups in total. The van der Waals surface area contributed by atoms with Crippen molar-refractivity contribution in [3.63, 3.8) is 0 Å². The number of hydrogen-bond acceptors (Lipinski definition) is 3. The molecular formula is C10H23NO2. The van der Waals surface area contributed by atoms with Crippen LogP contribution in [0.15, 0.2) is 0 Å². The van der Waals surface area contributed by atoms with E-state index >= 15 is 0 Å². The van der Waals surface area contributed by atoms with Gasteiger partial charge in [0.2, 0.25) is 0 Å². The Morgan fingerprint density at radius 1 is 1.38 bits per heavy atom. The zero-order valence-electron chi connectivity index (χ0n) is 9.21.